The van der Waals surface area contributed by atoms with Crippen molar-refractivity contribution >= 4 is 11.9 Å². The number of nitrogens with one attached hydrogen (secondary N) is 1. The van der Waals surface area contributed by atoms with Crippen LogP contribution in [0.2, 0.25) is 0 Å². The summed E-state index contributed by atoms with van der Waals surface area (Å²) in [7, 11) is 0. The van der Waals surface area contributed by atoms with Crippen LogP contribution in [0.15, 0.2) is 54.6 Å². The highest BCUT2D eigenvalue weighted by atomic mass is 16.5. The van der Waals surface area contributed by atoms with E-state index >= 15 is 0 Å². The molecule has 0 aliphatic heterocycles. The van der Waals surface area contributed by atoms with E-state index in [2.05, 4.69) is 5.32 Å². The van der Waals surface area contributed by atoms with Crippen LogP contribution in [0.5, 0.6) is 5.75 Å². The van der Waals surface area contributed by atoms with Crippen LogP contribution in [-0.2, 0) is 11.3 Å². The summed E-state index contributed by atoms with van der Waals surface area (Å²) in [6, 6.07) is 15.5. The zero-order chi connectivity index (χ0) is 15.1. The Morgan fingerprint density at radius 2 is 1.81 bits per heavy atom. The Bertz CT molecular complexity index is 625. The molecular formula is C16H15NO4. The van der Waals surface area contributed by atoms with Crippen LogP contribution in [0.1, 0.15) is 15.9 Å². The van der Waals surface area contributed by atoms with Crippen LogP contribution in [0.3, 0.4) is 0 Å². The summed E-state index contributed by atoms with van der Waals surface area (Å²) in [5.74, 6) is -0.629. The second-order valence-electron chi connectivity index (χ2n) is 4.38. The van der Waals surface area contributed by atoms with Crippen molar-refractivity contribution in [1.82, 2.24) is 5.32 Å². The lowest BCUT2D eigenvalue weighted by Gasteiger charge is -2.08. The molecule has 0 saturated carbocycles. The summed E-state index contributed by atoms with van der Waals surface area (Å²) in [5, 5.41) is 11.6. The highest BCUT2D eigenvalue weighted by Crippen LogP contribution is 2.08. The summed E-state index contributed by atoms with van der Waals surface area (Å²) < 4.78 is 5.31. The predicted octanol–water partition coefficient (Wildman–Crippen LogP) is 2.08. The van der Waals surface area contributed by atoms with Crippen molar-refractivity contribution in [3.63, 3.8) is 0 Å². The maximum Gasteiger partial charge on any atom is 0.335 e. The first kappa shape index (κ1) is 14.6. The van der Waals surface area contributed by atoms with Crippen molar-refractivity contribution in [1.29, 1.82) is 0 Å². The predicted molar refractivity (Wildman–Crippen MR) is 77.2 cm³/mol. The Balaban J connectivity index is 1.81. The average Bonchev–Trinajstić information content (AvgIpc) is 2.52. The topological polar surface area (TPSA) is 75.6 Å². The molecule has 0 aliphatic carbocycles. The quantitative estimate of drug-likeness (QED) is 0.852. The van der Waals surface area contributed by atoms with Crippen LogP contribution in [-0.4, -0.2) is 23.6 Å². The molecule has 1 amide bonds. The van der Waals surface area contributed by atoms with E-state index in [-0.39, 0.29) is 24.6 Å². The first-order chi connectivity index (χ1) is 10.1. The second-order valence-corrected chi connectivity index (χ2v) is 4.38. The first-order valence-electron chi connectivity index (χ1n) is 6.42. The van der Waals surface area contributed by atoms with E-state index in [1.165, 1.54) is 12.1 Å². The number of aromatic carboxylic acids is 1. The molecule has 2 aromatic rings. The summed E-state index contributed by atoms with van der Waals surface area (Å²) in [6.45, 7) is 0.181. The Morgan fingerprint density at radius 3 is 2.52 bits per heavy atom. The van der Waals surface area contributed by atoms with Gasteiger partial charge in [-0.25, -0.2) is 4.79 Å². The molecule has 2 N–H and O–H groups in total. The summed E-state index contributed by atoms with van der Waals surface area (Å²) in [6.07, 6.45) is 0. The Kier molecular flexibility index (Phi) is 4.93. The van der Waals surface area contributed by atoms with E-state index < -0.39 is 5.97 Å². The van der Waals surface area contributed by atoms with Gasteiger partial charge in [0.05, 0.1) is 5.56 Å². The van der Waals surface area contributed by atoms with Crippen molar-refractivity contribution in [2.24, 2.45) is 0 Å². The van der Waals surface area contributed by atoms with Gasteiger partial charge in [-0.1, -0.05) is 30.3 Å². The van der Waals surface area contributed by atoms with E-state index in [4.69, 9.17) is 9.84 Å². The molecule has 2 aromatic carbocycles. The lowest BCUT2D eigenvalue weighted by molar-refractivity contribution is -0.123. The zero-order valence-corrected chi connectivity index (χ0v) is 11.3. The molecule has 108 valence electrons. The van der Waals surface area contributed by atoms with E-state index in [0.717, 1.165) is 5.56 Å². The van der Waals surface area contributed by atoms with Gasteiger partial charge in [-0.15, -0.1) is 0 Å². The third-order valence-electron chi connectivity index (χ3n) is 2.78. The van der Waals surface area contributed by atoms with Crippen LogP contribution >= 0.6 is 0 Å². The first-order valence-corrected chi connectivity index (χ1v) is 6.42. The minimum absolute atomic E-state index is 0.0807. The van der Waals surface area contributed by atoms with Gasteiger partial charge in [0.1, 0.15) is 5.75 Å². The van der Waals surface area contributed by atoms with Gasteiger partial charge in [-0.3, -0.25) is 4.79 Å². The van der Waals surface area contributed by atoms with Crippen molar-refractivity contribution < 1.29 is 19.4 Å². The molecule has 0 spiro atoms. The van der Waals surface area contributed by atoms with Crippen molar-refractivity contribution in [2.45, 2.75) is 6.54 Å². The molecule has 0 aromatic heterocycles. The molecule has 0 radical (unpaired) electrons. The summed E-state index contributed by atoms with van der Waals surface area (Å²) >= 11 is 0. The van der Waals surface area contributed by atoms with Crippen LogP contribution < -0.4 is 10.1 Å². The Morgan fingerprint density at radius 1 is 1.05 bits per heavy atom. The maximum atomic E-state index is 11.7. The van der Waals surface area contributed by atoms with Crippen LogP contribution in [0.25, 0.3) is 0 Å². The number of carbonyl (C=O) groups is 2. The van der Waals surface area contributed by atoms with Gasteiger partial charge in [-0.05, 0) is 29.8 Å². The van der Waals surface area contributed by atoms with Crippen molar-refractivity contribution in [3.05, 3.63) is 65.7 Å². The fourth-order valence-electron chi connectivity index (χ4n) is 1.73. The number of ether oxygens (including phenoxy) is 1. The number of carbonyl (C=O) groups excluding carboxylic acids is 1. The lowest BCUT2D eigenvalue weighted by Crippen LogP contribution is -2.28. The van der Waals surface area contributed by atoms with Gasteiger partial charge < -0.3 is 15.2 Å². The van der Waals surface area contributed by atoms with Gasteiger partial charge in [0.2, 0.25) is 0 Å². The highest BCUT2D eigenvalue weighted by molar-refractivity contribution is 5.87. The highest BCUT2D eigenvalue weighted by Gasteiger charge is 2.05. The molecule has 0 bridgehead atoms. The molecular weight excluding hydrogens is 270 g/mol. The Labute approximate surface area is 122 Å². The standard InChI is InChI=1S/C16H15NO4/c18-15(11-21-14-7-2-1-3-8-14)17-10-12-5-4-6-13(9-12)16(19)20/h1-9H,10-11H2,(H,17,18)(H,19,20). The normalized spacial score (nSPS) is 9.90. The third kappa shape index (κ3) is 4.65. The van der Waals surface area contributed by atoms with Gasteiger partial charge in [-0.2, -0.15) is 0 Å². The Hall–Kier alpha value is -2.82. The maximum absolute atomic E-state index is 11.7. The van der Waals surface area contributed by atoms with Crippen LogP contribution in [0, 0.1) is 0 Å². The number of amides is 1. The SMILES string of the molecule is O=C(COc1ccccc1)NCc1cccc(C(=O)O)c1. The molecule has 5 heteroatoms. The molecule has 0 heterocycles. The fraction of sp³-hybridized carbons (Fsp3) is 0.125. The number of benzene rings is 2. The molecule has 0 saturated heterocycles. The largest absolute Gasteiger partial charge is 0.484 e. The molecule has 0 unspecified atom stereocenters. The fourth-order valence-corrected chi connectivity index (χ4v) is 1.73. The van der Waals surface area contributed by atoms with Crippen molar-refractivity contribution in [3.8, 4) is 5.75 Å². The second kappa shape index (κ2) is 7.09. The molecule has 0 fully saturated rings. The van der Waals surface area contributed by atoms with Gasteiger partial charge >= 0.3 is 5.97 Å². The molecule has 0 atom stereocenters. The van der Waals surface area contributed by atoms with Crippen molar-refractivity contribution in [2.75, 3.05) is 6.61 Å². The monoisotopic (exact) mass is 285 g/mol. The minimum atomic E-state index is -0.990. The average molecular weight is 285 g/mol. The zero-order valence-electron chi connectivity index (χ0n) is 11.3. The van der Waals surface area contributed by atoms with Crippen LogP contribution in [0.4, 0.5) is 0 Å². The van der Waals surface area contributed by atoms with E-state index in [9.17, 15) is 9.59 Å². The van der Waals surface area contributed by atoms with E-state index in [0.29, 0.717) is 5.75 Å². The van der Waals surface area contributed by atoms with E-state index in [1.807, 2.05) is 18.2 Å². The number of rotatable bonds is 6. The molecule has 2 rings (SSSR count). The summed E-state index contributed by atoms with van der Waals surface area (Å²) in [5.41, 5.74) is 0.922. The third-order valence-corrected chi connectivity index (χ3v) is 2.78. The van der Waals surface area contributed by atoms with Gasteiger partial charge in [0, 0.05) is 6.54 Å². The van der Waals surface area contributed by atoms with Gasteiger partial charge in [0.15, 0.2) is 6.61 Å². The van der Waals surface area contributed by atoms with Gasteiger partial charge in [0.25, 0.3) is 5.91 Å². The van der Waals surface area contributed by atoms with E-state index in [1.54, 1.807) is 24.3 Å². The number of hydrogen-bond acceptors (Lipinski definition) is 3. The number of para-hydroxylation sites is 1. The molecule has 0 aliphatic rings. The minimum Gasteiger partial charge on any atom is -0.484 e. The molecule has 21 heavy (non-hydrogen) atoms. The number of carboxylic acid groups (broad SMARTS) is 1. The summed E-state index contributed by atoms with van der Waals surface area (Å²) in [4.78, 5) is 22.5. The number of carboxylic acids is 1. The molecule has 5 nitrogen and oxygen atoms in total. The lowest BCUT2D eigenvalue weighted by atomic mass is 10.1. The number of hydrogen-bond donors (Lipinski definition) is 2. The smallest absolute Gasteiger partial charge is 0.335 e.